The summed E-state index contributed by atoms with van der Waals surface area (Å²) in [5.41, 5.74) is 0.675. The zero-order valence-electron chi connectivity index (χ0n) is 15.4. The standard InChI is InChI=1S/C20H17FN4O2S2/c21-15-2-1-3-16-14(15)11-17(29-16)19(27)24-6-4-23(5-7-24)12-13-10-18(26)25-8-9-28-20(25)22-13/h1-3,8-11H,4-7,12H2. The van der Waals surface area contributed by atoms with Gasteiger partial charge >= 0.3 is 0 Å². The first kappa shape index (κ1) is 18.4. The van der Waals surface area contributed by atoms with Crippen molar-refractivity contribution in [2.24, 2.45) is 0 Å². The monoisotopic (exact) mass is 428 g/mol. The Morgan fingerprint density at radius 2 is 2.00 bits per heavy atom. The second-order valence-electron chi connectivity index (χ2n) is 6.97. The van der Waals surface area contributed by atoms with Crippen molar-refractivity contribution in [2.45, 2.75) is 6.54 Å². The van der Waals surface area contributed by atoms with Gasteiger partial charge in [0.25, 0.3) is 11.5 Å². The normalized spacial score (nSPS) is 15.4. The van der Waals surface area contributed by atoms with Gasteiger partial charge in [0.2, 0.25) is 0 Å². The third kappa shape index (κ3) is 3.45. The molecule has 0 aliphatic carbocycles. The van der Waals surface area contributed by atoms with Crippen LogP contribution >= 0.6 is 22.7 Å². The maximum absolute atomic E-state index is 13.9. The minimum absolute atomic E-state index is 0.0541. The maximum atomic E-state index is 13.9. The summed E-state index contributed by atoms with van der Waals surface area (Å²) in [6.07, 6.45) is 1.73. The van der Waals surface area contributed by atoms with Crippen molar-refractivity contribution in [3.8, 4) is 0 Å². The summed E-state index contributed by atoms with van der Waals surface area (Å²) < 4.78 is 16.2. The molecule has 0 N–H and O–H groups in total. The number of aromatic nitrogens is 2. The van der Waals surface area contributed by atoms with E-state index in [0.29, 0.717) is 47.9 Å². The van der Waals surface area contributed by atoms with Crippen molar-refractivity contribution >= 4 is 43.6 Å². The van der Waals surface area contributed by atoms with E-state index in [-0.39, 0.29) is 17.3 Å². The van der Waals surface area contributed by atoms with Crippen molar-refractivity contribution in [1.82, 2.24) is 19.2 Å². The molecule has 4 aromatic rings. The Labute approximate surface area is 173 Å². The third-order valence-corrected chi connectivity index (χ3v) is 6.97. The molecule has 0 atom stereocenters. The summed E-state index contributed by atoms with van der Waals surface area (Å²) in [7, 11) is 0. The van der Waals surface area contributed by atoms with Gasteiger partial charge in [0.15, 0.2) is 4.96 Å². The van der Waals surface area contributed by atoms with Crippen molar-refractivity contribution in [3.63, 3.8) is 0 Å². The number of fused-ring (bicyclic) bond motifs is 2. The summed E-state index contributed by atoms with van der Waals surface area (Å²) in [5.74, 6) is -0.352. The minimum atomic E-state index is -0.297. The van der Waals surface area contributed by atoms with Gasteiger partial charge in [-0.3, -0.25) is 18.9 Å². The van der Waals surface area contributed by atoms with E-state index in [4.69, 9.17) is 0 Å². The van der Waals surface area contributed by atoms with Crippen molar-refractivity contribution in [1.29, 1.82) is 0 Å². The Hall–Kier alpha value is -2.62. The number of carbonyl (C=O) groups excluding carboxylic acids is 1. The predicted octanol–water partition coefficient (Wildman–Crippen LogP) is 3.07. The number of hydrogen-bond acceptors (Lipinski definition) is 6. The Kier molecular flexibility index (Phi) is 4.65. The van der Waals surface area contributed by atoms with E-state index >= 15 is 0 Å². The topological polar surface area (TPSA) is 57.9 Å². The highest BCUT2D eigenvalue weighted by atomic mass is 32.1. The lowest BCUT2D eigenvalue weighted by Gasteiger charge is -2.34. The lowest BCUT2D eigenvalue weighted by molar-refractivity contribution is 0.0632. The zero-order valence-corrected chi connectivity index (χ0v) is 17.0. The summed E-state index contributed by atoms with van der Waals surface area (Å²) in [4.78, 5) is 34.8. The molecular formula is C20H17FN4O2S2. The molecule has 1 aliphatic rings. The molecule has 9 heteroatoms. The van der Waals surface area contributed by atoms with Gasteiger partial charge in [-0.25, -0.2) is 9.37 Å². The quantitative estimate of drug-likeness (QED) is 0.503. The number of halogens is 1. The molecule has 29 heavy (non-hydrogen) atoms. The van der Waals surface area contributed by atoms with Crippen LogP contribution in [-0.2, 0) is 6.54 Å². The number of thiophene rings is 1. The zero-order chi connectivity index (χ0) is 20.0. The first-order valence-electron chi connectivity index (χ1n) is 9.24. The molecule has 0 bridgehead atoms. The van der Waals surface area contributed by atoms with Crippen LogP contribution in [-0.4, -0.2) is 51.3 Å². The molecule has 1 aromatic carbocycles. The van der Waals surface area contributed by atoms with Crippen LogP contribution in [0.15, 0.2) is 46.7 Å². The molecule has 3 aromatic heterocycles. The van der Waals surface area contributed by atoms with Gasteiger partial charge in [-0.15, -0.1) is 22.7 Å². The first-order valence-corrected chi connectivity index (χ1v) is 10.9. The SMILES string of the molecule is O=C(c1cc2c(F)cccc2s1)N1CCN(Cc2cc(=O)n3ccsc3n2)CC1. The summed E-state index contributed by atoms with van der Waals surface area (Å²) in [5, 5.41) is 2.35. The fourth-order valence-electron chi connectivity index (χ4n) is 3.59. The fourth-order valence-corrected chi connectivity index (χ4v) is 5.38. The van der Waals surface area contributed by atoms with Gasteiger partial charge < -0.3 is 4.90 Å². The first-order chi connectivity index (χ1) is 14.1. The van der Waals surface area contributed by atoms with Crippen molar-refractivity contribution < 1.29 is 9.18 Å². The molecule has 0 spiro atoms. The number of benzene rings is 1. The number of nitrogens with zero attached hydrogens (tertiary/aromatic N) is 4. The Balaban J connectivity index is 1.26. The number of carbonyl (C=O) groups is 1. The molecule has 0 radical (unpaired) electrons. The Bertz CT molecular complexity index is 1270. The smallest absolute Gasteiger partial charge is 0.264 e. The fraction of sp³-hybridized carbons (Fsp3) is 0.250. The van der Waals surface area contributed by atoms with Crippen LogP contribution in [0.5, 0.6) is 0 Å². The van der Waals surface area contributed by atoms with Crippen LogP contribution in [0.1, 0.15) is 15.4 Å². The molecule has 1 fully saturated rings. The highest BCUT2D eigenvalue weighted by Crippen LogP contribution is 2.28. The molecular weight excluding hydrogens is 411 g/mol. The van der Waals surface area contributed by atoms with Gasteiger partial charge in [-0.1, -0.05) is 6.07 Å². The van der Waals surface area contributed by atoms with Gasteiger partial charge in [0, 0.05) is 60.5 Å². The van der Waals surface area contributed by atoms with Crippen LogP contribution in [0, 0.1) is 5.82 Å². The van der Waals surface area contributed by atoms with Gasteiger partial charge in [0.1, 0.15) is 5.82 Å². The van der Waals surface area contributed by atoms with Gasteiger partial charge in [0.05, 0.1) is 10.6 Å². The van der Waals surface area contributed by atoms with E-state index in [2.05, 4.69) is 9.88 Å². The molecule has 1 aliphatic heterocycles. The van der Waals surface area contributed by atoms with Crippen molar-refractivity contribution in [2.75, 3.05) is 26.2 Å². The van der Waals surface area contributed by atoms with E-state index in [1.807, 2.05) is 16.3 Å². The average molecular weight is 429 g/mol. The Morgan fingerprint density at radius 3 is 2.79 bits per heavy atom. The summed E-state index contributed by atoms with van der Waals surface area (Å²) in [6, 6.07) is 8.13. The largest absolute Gasteiger partial charge is 0.335 e. The second-order valence-corrected chi connectivity index (χ2v) is 8.93. The van der Waals surface area contributed by atoms with E-state index in [9.17, 15) is 14.0 Å². The second kappa shape index (κ2) is 7.33. The molecule has 0 saturated carbocycles. The molecule has 1 saturated heterocycles. The van der Waals surface area contributed by atoms with Crippen LogP contribution in [0.25, 0.3) is 15.0 Å². The number of piperazine rings is 1. The van der Waals surface area contributed by atoms with Crippen LogP contribution in [0.3, 0.4) is 0 Å². The predicted molar refractivity (Wildman–Crippen MR) is 112 cm³/mol. The minimum Gasteiger partial charge on any atom is -0.335 e. The van der Waals surface area contributed by atoms with Crippen LogP contribution in [0.2, 0.25) is 0 Å². The lowest BCUT2D eigenvalue weighted by Crippen LogP contribution is -2.48. The van der Waals surface area contributed by atoms with Crippen molar-refractivity contribution in [3.05, 3.63) is 68.7 Å². The van der Waals surface area contributed by atoms with Crippen LogP contribution in [0.4, 0.5) is 4.39 Å². The molecule has 4 heterocycles. The molecule has 6 nitrogen and oxygen atoms in total. The number of rotatable bonds is 3. The summed E-state index contributed by atoms with van der Waals surface area (Å²) >= 11 is 2.77. The van der Waals surface area contributed by atoms with E-state index in [1.54, 1.807) is 28.8 Å². The molecule has 5 rings (SSSR count). The van der Waals surface area contributed by atoms with E-state index in [0.717, 1.165) is 10.4 Å². The summed E-state index contributed by atoms with van der Waals surface area (Å²) in [6.45, 7) is 3.18. The Morgan fingerprint density at radius 1 is 1.17 bits per heavy atom. The lowest BCUT2D eigenvalue weighted by atomic mass is 10.2. The number of amides is 1. The molecule has 1 amide bonds. The van der Waals surface area contributed by atoms with E-state index < -0.39 is 0 Å². The highest BCUT2D eigenvalue weighted by Gasteiger charge is 2.24. The van der Waals surface area contributed by atoms with Crippen LogP contribution < -0.4 is 5.56 Å². The molecule has 0 unspecified atom stereocenters. The number of thiazole rings is 1. The number of hydrogen-bond donors (Lipinski definition) is 0. The van der Waals surface area contributed by atoms with Gasteiger partial charge in [-0.2, -0.15) is 0 Å². The average Bonchev–Trinajstić information content (AvgIpc) is 3.36. The molecule has 148 valence electrons. The highest BCUT2D eigenvalue weighted by molar-refractivity contribution is 7.20. The maximum Gasteiger partial charge on any atom is 0.264 e. The van der Waals surface area contributed by atoms with Gasteiger partial charge in [-0.05, 0) is 18.2 Å². The van der Waals surface area contributed by atoms with E-state index in [1.165, 1.54) is 28.7 Å². The third-order valence-electron chi connectivity index (χ3n) is 5.12.